The summed E-state index contributed by atoms with van der Waals surface area (Å²) in [5.41, 5.74) is 2.21. The van der Waals surface area contributed by atoms with Crippen LogP contribution in [0.1, 0.15) is 68.4 Å². The van der Waals surface area contributed by atoms with E-state index in [4.69, 9.17) is 16.3 Å². The van der Waals surface area contributed by atoms with Crippen LogP contribution < -0.4 is 0 Å². The Labute approximate surface area is 147 Å². The second kappa shape index (κ2) is 8.35. The van der Waals surface area contributed by atoms with Crippen molar-refractivity contribution < 1.29 is 0 Å². The molecule has 1 saturated heterocycles. The molecule has 0 atom stereocenters. The summed E-state index contributed by atoms with van der Waals surface area (Å²) >= 11 is 6.35. The van der Waals surface area contributed by atoms with Crippen molar-refractivity contribution in [3.63, 3.8) is 0 Å². The van der Waals surface area contributed by atoms with Crippen LogP contribution in [0.25, 0.3) is 0 Å². The number of nitriles is 1. The van der Waals surface area contributed by atoms with Gasteiger partial charge in [-0.3, -0.25) is 0 Å². The van der Waals surface area contributed by atoms with Gasteiger partial charge in [-0.1, -0.05) is 37.8 Å². The highest BCUT2D eigenvalue weighted by molar-refractivity contribution is 7.07. The summed E-state index contributed by atoms with van der Waals surface area (Å²) in [5.74, 6) is 2.65. The molecule has 3 rings (SSSR count). The number of rotatable bonds is 4. The summed E-state index contributed by atoms with van der Waals surface area (Å²) in [4.78, 5) is 0. The predicted octanol–water partition coefficient (Wildman–Crippen LogP) is 5.98. The predicted molar refractivity (Wildman–Crippen MR) is 100 cm³/mol. The van der Waals surface area contributed by atoms with E-state index in [-0.39, 0.29) is 0 Å². The molecule has 0 aromatic heterocycles. The number of hydrogen-bond donors (Lipinski definition) is 0. The summed E-state index contributed by atoms with van der Waals surface area (Å²) in [5, 5.41) is 8.90. The molecule has 1 aromatic carbocycles. The molecule has 0 bridgehead atoms. The molecule has 1 aliphatic carbocycles. The molecule has 0 amide bonds. The van der Waals surface area contributed by atoms with Gasteiger partial charge in [-0.05, 0) is 73.2 Å². The van der Waals surface area contributed by atoms with Crippen LogP contribution in [-0.4, -0.2) is 8.11 Å². The standard InChI is InChI=1S/C20H28ClNSi/c21-23-13-11-17(12-14-23)2-1-16-3-7-19(8-4-16)20-9-5-18(15-22)6-10-20/h5-6,9-10,16-17,19,23H,1-4,7-8,11-14H2/t16-,17?,19-,23?. The number of nitrogens with zero attached hydrogens (tertiary/aromatic N) is 1. The normalized spacial score (nSPS) is 31.5. The van der Waals surface area contributed by atoms with Crippen molar-refractivity contribution in [2.75, 3.05) is 0 Å². The highest BCUT2D eigenvalue weighted by atomic mass is 35.6. The minimum absolute atomic E-state index is 0.719. The Balaban J connectivity index is 1.40. The van der Waals surface area contributed by atoms with E-state index in [1.54, 1.807) is 0 Å². The Morgan fingerprint density at radius 3 is 2.04 bits per heavy atom. The molecule has 1 heterocycles. The lowest BCUT2D eigenvalue weighted by atomic mass is 9.76. The second-order valence-electron chi connectivity index (χ2n) is 7.65. The summed E-state index contributed by atoms with van der Waals surface area (Å²) in [6.45, 7) is 0. The van der Waals surface area contributed by atoms with Crippen LogP contribution in [0, 0.1) is 23.2 Å². The minimum atomic E-state index is -0.790. The average molecular weight is 346 g/mol. The van der Waals surface area contributed by atoms with Crippen LogP contribution in [0.4, 0.5) is 0 Å². The Kier molecular flexibility index (Phi) is 6.19. The molecular weight excluding hydrogens is 318 g/mol. The number of hydrogen-bond acceptors (Lipinski definition) is 1. The van der Waals surface area contributed by atoms with E-state index < -0.39 is 8.11 Å². The minimum Gasteiger partial charge on any atom is -0.192 e. The molecule has 1 saturated carbocycles. The summed E-state index contributed by atoms with van der Waals surface area (Å²) in [7, 11) is -0.790. The van der Waals surface area contributed by atoms with Crippen LogP contribution in [0.5, 0.6) is 0 Å². The van der Waals surface area contributed by atoms with Gasteiger partial charge in [-0.15, -0.1) is 0 Å². The Bertz CT molecular complexity index is 520. The van der Waals surface area contributed by atoms with E-state index in [0.29, 0.717) is 0 Å². The summed E-state index contributed by atoms with van der Waals surface area (Å²) < 4.78 is 0. The van der Waals surface area contributed by atoms with E-state index in [1.807, 2.05) is 12.1 Å². The van der Waals surface area contributed by atoms with Gasteiger partial charge in [0.1, 0.15) is 8.11 Å². The average Bonchev–Trinajstić information content (AvgIpc) is 2.62. The van der Waals surface area contributed by atoms with E-state index in [9.17, 15) is 0 Å². The van der Waals surface area contributed by atoms with Crippen molar-refractivity contribution in [1.29, 1.82) is 5.26 Å². The highest BCUT2D eigenvalue weighted by Crippen LogP contribution is 2.39. The number of benzene rings is 1. The smallest absolute Gasteiger partial charge is 0.141 e. The van der Waals surface area contributed by atoms with Crippen LogP contribution in [-0.2, 0) is 0 Å². The summed E-state index contributed by atoms with van der Waals surface area (Å²) in [6.07, 6.45) is 11.2. The van der Waals surface area contributed by atoms with E-state index in [2.05, 4.69) is 18.2 Å². The Morgan fingerprint density at radius 2 is 1.48 bits per heavy atom. The molecule has 0 N–H and O–H groups in total. The van der Waals surface area contributed by atoms with Gasteiger partial charge in [0.05, 0.1) is 11.6 Å². The highest BCUT2D eigenvalue weighted by Gasteiger charge is 2.25. The maximum atomic E-state index is 8.90. The zero-order chi connectivity index (χ0) is 16.1. The van der Waals surface area contributed by atoms with Gasteiger partial charge in [-0.25, -0.2) is 0 Å². The maximum absolute atomic E-state index is 8.90. The van der Waals surface area contributed by atoms with Crippen molar-refractivity contribution in [2.45, 2.75) is 69.4 Å². The van der Waals surface area contributed by atoms with Gasteiger partial charge >= 0.3 is 0 Å². The van der Waals surface area contributed by atoms with Gasteiger partial charge in [0.15, 0.2) is 0 Å². The fourth-order valence-corrected chi connectivity index (χ4v) is 7.21. The molecule has 0 unspecified atom stereocenters. The Hall–Kier alpha value is -0.783. The molecule has 0 radical (unpaired) electrons. The van der Waals surface area contributed by atoms with Crippen molar-refractivity contribution in [3.05, 3.63) is 35.4 Å². The fourth-order valence-electron chi connectivity index (χ4n) is 4.50. The van der Waals surface area contributed by atoms with Crippen molar-refractivity contribution in [2.24, 2.45) is 11.8 Å². The van der Waals surface area contributed by atoms with Crippen LogP contribution >= 0.6 is 11.1 Å². The fraction of sp³-hybridized carbons (Fsp3) is 0.650. The quantitative estimate of drug-likeness (QED) is 0.486. The van der Waals surface area contributed by atoms with Gasteiger partial charge in [0, 0.05) is 0 Å². The first kappa shape index (κ1) is 17.1. The summed E-state index contributed by atoms with van der Waals surface area (Å²) in [6, 6.07) is 13.2. The zero-order valence-electron chi connectivity index (χ0n) is 14.0. The van der Waals surface area contributed by atoms with Crippen molar-refractivity contribution in [3.8, 4) is 6.07 Å². The van der Waals surface area contributed by atoms with Gasteiger partial charge in [-0.2, -0.15) is 16.3 Å². The molecule has 0 spiro atoms. The first-order valence-corrected chi connectivity index (χ1v) is 12.8. The molecule has 3 heteroatoms. The third-order valence-electron chi connectivity index (χ3n) is 6.12. The van der Waals surface area contributed by atoms with Crippen molar-refractivity contribution in [1.82, 2.24) is 0 Å². The lowest BCUT2D eigenvalue weighted by Crippen LogP contribution is -2.18. The van der Waals surface area contributed by atoms with E-state index in [0.717, 1.165) is 23.3 Å². The first-order valence-electron chi connectivity index (χ1n) is 9.38. The molecule has 1 aliphatic heterocycles. The Morgan fingerprint density at radius 1 is 0.913 bits per heavy atom. The monoisotopic (exact) mass is 345 g/mol. The molecule has 1 nitrogen and oxygen atoms in total. The van der Waals surface area contributed by atoms with Gasteiger partial charge in [0.25, 0.3) is 0 Å². The molecule has 1 aromatic rings. The SMILES string of the molecule is N#Cc1ccc([C@H]2CC[C@H](CCC3CC[SiH](Cl)CC3)CC2)cc1. The third kappa shape index (κ3) is 4.84. The molecule has 23 heavy (non-hydrogen) atoms. The van der Waals surface area contributed by atoms with Crippen LogP contribution in [0.3, 0.4) is 0 Å². The van der Waals surface area contributed by atoms with E-state index in [1.165, 1.54) is 69.0 Å². The van der Waals surface area contributed by atoms with Crippen molar-refractivity contribution >= 4 is 19.2 Å². The third-order valence-corrected chi connectivity index (χ3v) is 9.35. The lowest BCUT2D eigenvalue weighted by Gasteiger charge is -2.31. The molecule has 2 fully saturated rings. The number of halogens is 1. The second-order valence-corrected chi connectivity index (χ2v) is 11.8. The zero-order valence-corrected chi connectivity index (χ0v) is 15.9. The molecular formula is C20H28ClNSi. The van der Waals surface area contributed by atoms with Gasteiger partial charge in [0.2, 0.25) is 0 Å². The maximum Gasteiger partial charge on any atom is 0.141 e. The lowest BCUT2D eigenvalue weighted by molar-refractivity contribution is 0.280. The topological polar surface area (TPSA) is 23.8 Å². The largest absolute Gasteiger partial charge is 0.192 e. The van der Waals surface area contributed by atoms with E-state index >= 15 is 0 Å². The molecule has 2 aliphatic rings. The first-order chi connectivity index (χ1) is 11.2. The van der Waals surface area contributed by atoms with Gasteiger partial charge < -0.3 is 0 Å². The van der Waals surface area contributed by atoms with Crippen LogP contribution in [0.2, 0.25) is 12.1 Å². The molecule has 124 valence electrons. The van der Waals surface area contributed by atoms with Crippen LogP contribution in [0.15, 0.2) is 24.3 Å².